The molecule has 0 aliphatic heterocycles. The maximum Gasteiger partial charge on any atom is 0.153 e. The van der Waals surface area contributed by atoms with Gasteiger partial charge in [-0.2, -0.15) is 0 Å². The molecule has 2 aromatic carbocycles. The molecule has 0 atom stereocenters. The Morgan fingerprint density at radius 3 is 2.61 bits per heavy atom. The van der Waals surface area contributed by atoms with E-state index in [1.54, 1.807) is 7.11 Å². The van der Waals surface area contributed by atoms with Gasteiger partial charge in [0.15, 0.2) is 5.15 Å². The van der Waals surface area contributed by atoms with E-state index in [0.717, 1.165) is 16.9 Å². The van der Waals surface area contributed by atoms with E-state index < -0.39 is 0 Å². The van der Waals surface area contributed by atoms with Gasteiger partial charge in [-0.25, -0.2) is 4.98 Å². The van der Waals surface area contributed by atoms with Crippen LogP contribution in [-0.4, -0.2) is 21.8 Å². The van der Waals surface area contributed by atoms with Crippen molar-refractivity contribution >= 4 is 11.6 Å². The number of ether oxygens (including phenoxy) is 1. The Morgan fingerprint density at radius 1 is 1.13 bits per heavy atom. The number of nitrogens with zero attached hydrogens (tertiary/aromatic N) is 2. The fourth-order valence-electron chi connectivity index (χ4n) is 2.53. The second-order valence-corrected chi connectivity index (χ2v) is 5.49. The minimum absolute atomic E-state index is 0.164. The Bertz CT molecular complexity index is 800. The Morgan fingerprint density at radius 2 is 1.91 bits per heavy atom. The fourth-order valence-corrected chi connectivity index (χ4v) is 2.77. The van der Waals surface area contributed by atoms with Gasteiger partial charge in [0.05, 0.1) is 19.4 Å². The lowest BCUT2D eigenvalue weighted by Gasteiger charge is -2.12. The summed E-state index contributed by atoms with van der Waals surface area (Å²) in [4.78, 5) is 4.44. The number of hydrogen-bond acceptors (Lipinski definition) is 3. The summed E-state index contributed by atoms with van der Waals surface area (Å²) in [5.74, 6) is 1.46. The third-order valence-electron chi connectivity index (χ3n) is 3.68. The van der Waals surface area contributed by atoms with Crippen LogP contribution < -0.4 is 4.74 Å². The van der Waals surface area contributed by atoms with Gasteiger partial charge in [-0.15, -0.1) is 0 Å². The van der Waals surface area contributed by atoms with E-state index >= 15 is 0 Å². The first-order valence-electron chi connectivity index (χ1n) is 7.27. The third kappa shape index (κ3) is 3.23. The van der Waals surface area contributed by atoms with Crippen molar-refractivity contribution in [3.63, 3.8) is 0 Å². The van der Waals surface area contributed by atoms with Crippen LogP contribution in [0.2, 0.25) is 5.15 Å². The van der Waals surface area contributed by atoms with Crippen molar-refractivity contribution < 1.29 is 9.84 Å². The number of aliphatic hydroxyl groups is 1. The zero-order chi connectivity index (χ0) is 16.2. The Kier molecular flexibility index (Phi) is 4.65. The predicted octanol–water partition coefficient (Wildman–Crippen LogP) is 3.75. The Labute approximate surface area is 139 Å². The highest BCUT2D eigenvalue weighted by atomic mass is 35.5. The molecule has 0 amide bonds. The number of imidazole rings is 1. The van der Waals surface area contributed by atoms with Crippen LogP contribution in [-0.2, 0) is 13.2 Å². The summed E-state index contributed by atoms with van der Waals surface area (Å²) in [6, 6.07) is 17.6. The normalized spacial score (nSPS) is 10.7. The summed E-state index contributed by atoms with van der Waals surface area (Å²) in [7, 11) is 1.63. The lowest BCUT2D eigenvalue weighted by Crippen LogP contribution is -2.06. The first kappa shape index (κ1) is 15.6. The molecule has 5 heteroatoms. The molecule has 3 aromatic rings. The smallest absolute Gasteiger partial charge is 0.153 e. The maximum atomic E-state index is 9.67. The number of aromatic nitrogens is 2. The van der Waals surface area contributed by atoms with Gasteiger partial charge < -0.3 is 14.4 Å². The molecule has 1 N–H and O–H groups in total. The minimum Gasteiger partial charge on any atom is -0.497 e. The second kappa shape index (κ2) is 6.86. The van der Waals surface area contributed by atoms with Gasteiger partial charge in [-0.1, -0.05) is 54.1 Å². The minimum atomic E-state index is -0.164. The molecule has 4 nitrogen and oxygen atoms in total. The number of halogens is 1. The molecule has 1 aromatic heterocycles. The lowest BCUT2D eigenvalue weighted by atomic mass is 10.2. The van der Waals surface area contributed by atoms with Crippen LogP contribution in [0, 0.1) is 0 Å². The van der Waals surface area contributed by atoms with Gasteiger partial charge in [0, 0.05) is 12.1 Å². The maximum absolute atomic E-state index is 9.67. The summed E-state index contributed by atoms with van der Waals surface area (Å²) in [5, 5.41) is 9.99. The van der Waals surface area contributed by atoms with Crippen molar-refractivity contribution in [3.8, 4) is 17.1 Å². The molecule has 0 fully saturated rings. The summed E-state index contributed by atoms with van der Waals surface area (Å²) >= 11 is 6.22. The van der Waals surface area contributed by atoms with Crippen molar-refractivity contribution in [2.45, 2.75) is 13.2 Å². The molecule has 0 bridgehead atoms. The van der Waals surface area contributed by atoms with Crippen molar-refractivity contribution in [2.75, 3.05) is 7.11 Å². The van der Waals surface area contributed by atoms with E-state index in [4.69, 9.17) is 16.3 Å². The summed E-state index contributed by atoms with van der Waals surface area (Å²) in [6.45, 7) is 0.422. The predicted molar refractivity (Wildman–Crippen MR) is 90.7 cm³/mol. The van der Waals surface area contributed by atoms with Crippen LogP contribution in [0.1, 0.15) is 11.3 Å². The molecule has 0 unspecified atom stereocenters. The van der Waals surface area contributed by atoms with E-state index in [-0.39, 0.29) is 6.61 Å². The first-order valence-corrected chi connectivity index (χ1v) is 7.65. The van der Waals surface area contributed by atoms with Crippen molar-refractivity contribution in [2.24, 2.45) is 0 Å². The Balaban J connectivity index is 2.09. The molecule has 3 rings (SSSR count). The molecular formula is C18H17ClN2O2. The first-order chi connectivity index (χ1) is 11.2. The summed E-state index contributed by atoms with van der Waals surface area (Å²) in [6.07, 6.45) is 0. The standard InChI is InChI=1S/C18H17ClN2O2/c1-23-15-9-5-8-14(10-15)18-20-17(19)16(12-22)21(18)11-13-6-3-2-4-7-13/h2-10,22H,11-12H2,1H3. The third-order valence-corrected chi connectivity index (χ3v) is 3.99. The molecule has 0 aliphatic carbocycles. The monoisotopic (exact) mass is 328 g/mol. The summed E-state index contributed by atoms with van der Waals surface area (Å²) in [5.41, 5.74) is 2.61. The quantitative estimate of drug-likeness (QED) is 0.776. The molecule has 0 saturated carbocycles. The fraction of sp³-hybridized carbons (Fsp3) is 0.167. The van der Waals surface area contributed by atoms with Crippen LogP contribution >= 0.6 is 11.6 Å². The highest BCUT2D eigenvalue weighted by molar-refractivity contribution is 6.30. The van der Waals surface area contributed by atoms with Crippen LogP contribution in [0.25, 0.3) is 11.4 Å². The van der Waals surface area contributed by atoms with Gasteiger partial charge >= 0.3 is 0 Å². The Hall–Kier alpha value is -2.30. The molecule has 23 heavy (non-hydrogen) atoms. The van der Waals surface area contributed by atoms with Gasteiger partial charge in [-0.3, -0.25) is 0 Å². The van der Waals surface area contributed by atoms with Crippen molar-refractivity contribution in [1.29, 1.82) is 0 Å². The van der Waals surface area contributed by atoms with Gasteiger partial charge in [0.1, 0.15) is 11.6 Å². The summed E-state index contributed by atoms with van der Waals surface area (Å²) < 4.78 is 7.22. The SMILES string of the molecule is COc1cccc(-c2nc(Cl)c(CO)n2Cc2ccccc2)c1. The second-order valence-electron chi connectivity index (χ2n) is 5.13. The van der Waals surface area contributed by atoms with E-state index in [0.29, 0.717) is 23.2 Å². The lowest BCUT2D eigenvalue weighted by molar-refractivity contribution is 0.272. The number of aliphatic hydroxyl groups excluding tert-OH is 1. The molecule has 1 heterocycles. The van der Waals surface area contributed by atoms with Crippen LogP contribution in [0.3, 0.4) is 0 Å². The zero-order valence-corrected chi connectivity index (χ0v) is 13.5. The topological polar surface area (TPSA) is 47.3 Å². The largest absolute Gasteiger partial charge is 0.497 e. The molecule has 0 spiro atoms. The average Bonchev–Trinajstić information content (AvgIpc) is 2.91. The van der Waals surface area contributed by atoms with Crippen LogP contribution in [0.15, 0.2) is 54.6 Å². The molecule has 0 radical (unpaired) electrons. The highest BCUT2D eigenvalue weighted by Gasteiger charge is 2.17. The molecule has 0 aliphatic rings. The molecule has 0 saturated heterocycles. The number of benzene rings is 2. The molecular weight excluding hydrogens is 312 g/mol. The molecule has 118 valence electrons. The van der Waals surface area contributed by atoms with E-state index in [1.807, 2.05) is 59.2 Å². The van der Waals surface area contributed by atoms with E-state index in [9.17, 15) is 5.11 Å². The van der Waals surface area contributed by atoms with Crippen LogP contribution in [0.4, 0.5) is 0 Å². The number of hydrogen-bond donors (Lipinski definition) is 1. The van der Waals surface area contributed by atoms with E-state index in [2.05, 4.69) is 4.98 Å². The average molecular weight is 329 g/mol. The van der Waals surface area contributed by atoms with Crippen LogP contribution in [0.5, 0.6) is 5.75 Å². The van der Waals surface area contributed by atoms with Crippen molar-refractivity contribution in [3.05, 3.63) is 71.0 Å². The van der Waals surface area contributed by atoms with Gasteiger partial charge in [0.25, 0.3) is 0 Å². The van der Waals surface area contributed by atoms with Crippen molar-refractivity contribution in [1.82, 2.24) is 9.55 Å². The highest BCUT2D eigenvalue weighted by Crippen LogP contribution is 2.28. The zero-order valence-electron chi connectivity index (χ0n) is 12.7. The van der Waals surface area contributed by atoms with Gasteiger partial charge in [0.2, 0.25) is 0 Å². The number of methoxy groups -OCH3 is 1. The van der Waals surface area contributed by atoms with E-state index in [1.165, 1.54) is 0 Å². The number of rotatable bonds is 5. The van der Waals surface area contributed by atoms with Gasteiger partial charge in [-0.05, 0) is 17.7 Å².